The van der Waals surface area contributed by atoms with Crippen LogP contribution in [0.2, 0.25) is 0 Å². The van der Waals surface area contributed by atoms with Crippen molar-refractivity contribution in [1.82, 2.24) is 15.1 Å². The average molecular weight is 394 g/mol. The third-order valence-electron chi connectivity index (χ3n) is 6.50. The summed E-state index contributed by atoms with van der Waals surface area (Å²) in [5, 5.41) is 4.31. The molecule has 0 aromatic heterocycles. The molecule has 2 saturated heterocycles. The molecule has 0 radical (unpaired) electrons. The Balaban J connectivity index is 1.43. The molecule has 5 nitrogen and oxygen atoms in total. The number of nitrogens with one attached hydrogen (secondary N) is 1. The van der Waals surface area contributed by atoms with Gasteiger partial charge in [-0.05, 0) is 63.1 Å². The van der Waals surface area contributed by atoms with Gasteiger partial charge in [0.05, 0.1) is 6.04 Å². The number of carbonyl (C=O) groups excluding carboxylic acids is 1. The summed E-state index contributed by atoms with van der Waals surface area (Å²) in [6, 6.07) is 0.512. The Bertz CT molecular complexity index is 558. The van der Waals surface area contributed by atoms with Crippen LogP contribution < -0.4 is 5.32 Å². The van der Waals surface area contributed by atoms with Gasteiger partial charge in [-0.2, -0.15) is 0 Å². The van der Waals surface area contributed by atoms with E-state index in [-0.39, 0.29) is 18.2 Å². The summed E-state index contributed by atoms with van der Waals surface area (Å²) in [5.74, 6) is 0.478. The Hall–Kier alpha value is -1.30. The summed E-state index contributed by atoms with van der Waals surface area (Å²) in [7, 11) is 0. The second-order valence-electron chi connectivity index (χ2n) is 8.25. The minimum atomic E-state index is -0.125. The third kappa shape index (κ3) is 5.15. The summed E-state index contributed by atoms with van der Waals surface area (Å²) in [4.78, 5) is 16.5. The van der Waals surface area contributed by atoms with Gasteiger partial charge in [-0.25, -0.2) is 4.79 Å². The Morgan fingerprint density at radius 1 is 1.37 bits per heavy atom. The van der Waals surface area contributed by atoms with E-state index in [0.29, 0.717) is 12.5 Å². The lowest BCUT2D eigenvalue weighted by Gasteiger charge is -2.40. The van der Waals surface area contributed by atoms with E-state index in [1.54, 1.807) is 5.57 Å². The number of nitrogens with zero attached hydrogens (tertiary/aromatic N) is 2. The molecule has 1 aliphatic carbocycles. The van der Waals surface area contributed by atoms with Crippen molar-refractivity contribution in [3.63, 3.8) is 0 Å². The van der Waals surface area contributed by atoms with E-state index in [0.717, 1.165) is 50.4 Å². The molecule has 27 heavy (non-hydrogen) atoms. The highest BCUT2D eigenvalue weighted by atomic mass is 32.1. The molecule has 152 valence electrons. The molecule has 2 aliphatic heterocycles. The van der Waals surface area contributed by atoms with Crippen LogP contribution in [0.1, 0.15) is 65.2 Å². The van der Waals surface area contributed by atoms with E-state index >= 15 is 0 Å². The van der Waals surface area contributed by atoms with Gasteiger partial charge in [0.15, 0.2) is 5.11 Å². The predicted molar refractivity (Wildman–Crippen MR) is 113 cm³/mol. The lowest BCUT2D eigenvalue weighted by atomic mass is 9.95. The van der Waals surface area contributed by atoms with Gasteiger partial charge >= 0.3 is 6.09 Å². The molecule has 0 bridgehead atoms. The summed E-state index contributed by atoms with van der Waals surface area (Å²) >= 11 is 5.61. The van der Waals surface area contributed by atoms with E-state index < -0.39 is 0 Å². The molecule has 0 aromatic rings. The molecule has 1 N–H and O–H groups in total. The van der Waals surface area contributed by atoms with Crippen LogP contribution >= 0.6 is 12.2 Å². The normalized spacial score (nSPS) is 25.2. The SMILES string of the molecule is CCC(C)C1COC(=O)N1C1CCN(C(=S)NCCC2=CCCCC2)CC1. The van der Waals surface area contributed by atoms with E-state index in [4.69, 9.17) is 17.0 Å². The molecule has 0 spiro atoms. The fraction of sp³-hybridized carbons (Fsp3) is 0.810. The molecule has 2 unspecified atom stereocenters. The number of likely N-dealkylation sites (tertiary alicyclic amines) is 1. The van der Waals surface area contributed by atoms with E-state index in [1.165, 1.54) is 25.7 Å². The van der Waals surface area contributed by atoms with Crippen molar-refractivity contribution in [2.24, 2.45) is 5.92 Å². The molecule has 3 aliphatic rings. The monoisotopic (exact) mass is 393 g/mol. The largest absolute Gasteiger partial charge is 0.447 e. The number of ether oxygens (including phenoxy) is 1. The molecule has 2 atom stereocenters. The number of cyclic esters (lactones) is 1. The number of rotatable bonds is 6. The molecule has 0 saturated carbocycles. The molecule has 3 rings (SSSR count). The van der Waals surface area contributed by atoms with Crippen LogP contribution in [0.4, 0.5) is 4.79 Å². The number of piperidine rings is 1. The van der Waals surface area contributed by atoms with Crippen LogP contribution in [0.15, 0.2) is 11.6 Å². The number of hydrogen-bond acceptors (Lipinski definition) is 3. The van der Waals surface area contributed by atoms with Gasteiger partial charge in [-0.1, -0.05) is 31.9 Å². The van der Waals surface area contributed by atoms with Gasteiger partial charge in [0, 0.05) is 25.7 Å². The highest BCUT2D eigenvalue weighted by Crippen LogP contribution is 2.28. The molecular formula is C21H35N3O2S. The number of thiocarbonyl (C=S) groups is 1. The minimum absolute atomic E-state index is 0.125. The molecule has 6 heteroatoms. The third-order valence-corrected chi connectivity index (χ3v) is 6.90. The Morgan fingerprint density at radius 3 is 2.81 bits per heavy atom. The number of allylic oxidation sites excluding steroid dienone is 1. The van der Waals surface area contributed by atoms with Gasteiger partial charge in [0.2, 0.25) is 0 Å². The smallest absolute Gasteiger partial charge is 0.410 e. The van der Waals surface area contributed by atoms with Crippen LogP contribution in [-0.4, -0.2) is 59.3 Å². The highest BCUT2D eigenvalue weighted by molar-refractivity contribution is 7.80. The van der Waals surface area contributed by atoms with E-state index in [1.807, 2.05) is 4.90 Å². The fourth-order valence-corrected chi connectivity index (χ4v) is 4.78. The van der Waals surface area contributed by atoms with Crippen molar-refractivity contribution in [3.8, 4) is 0 Å². The summed E-state index contributed by atoms with van der Waals surface area (Å²) < 4.78 is 5.37. The van der Waals surface area contributed by atoms with Gasteiger partial charge in [0.25, 0.3) is 0 Å². The first-order chi connectivity index (χ1) is 13.1. The second kappa shape index (κ2) is 9.76. The zero-order chi connectivity index (χ0) is 19.2. The van der Waals surface area contributed by atoms with Crippen LogP contribution in [-0.2, 0) is 4.74 Å². The first-order valence-electron chi connectivity index (χ1n) is 10.8. The number of hydrogen-bond donors (Lipinski definition) is 1. The zero-order valence-corrected chi connectivity index (χ0v) is 17.7. The van der Waals surface area contributed by atoms with Gasteiger partial charge in [0.1, 0.15) is 6.61 Å². The maximum atomic E-state index is 12.3. The lowest BCUT2D eigenvalue weighted by Crippen LogP contribution is -2.52. The standard InChI is InChI=1S/C21H35N3O2S/c1-3-16(2)19-15-26-21(25)24(19)18-10-13-23(14-11-18)20(27)22-12-9-17-7-5-4-6-8-17/h7,16,18-19H,3-6,8-15H2,1-2H3,(H,22,27). The van der Waals surface area contributed by atoms with Crippen molar-refractivity contribution >= 4 is 23.4 Å². The molecule has 0 aromatic carbocycles. The quantitative estimate of drug-likeness (QED) is 0.544. The number of carbonyl (C=O) groups is 1. The molecule has 1 amide bonds. The Morgan fingerprint density at radius 2 is 2.15 bits per heavy atom. The van der Waals surface area contributed by atoms with E-state index in [2.05, 4.69) is 30.1 Å². The Kier molecular flexibility index (Phi) is 7.39. The number of amides is 1. The van der Waals surface area contributed by atoms with Crippen molar-refractivity contribution < 1.29 is 9.53 Å². The first kappa shape index (κ1) is 20.4. The van der Waals surface area contributed by atoms with Gasteiger partial charge in [-0.3, -0.25) is 4.90 Å². The highest BCUT2D eigenvalue weighted by Gasteiger charge is 2.41. The summed E-state index contributed by atoms with van der Waals surface area (Å²) in [6.45, 7) is 7.70. The van der Waals surface area contributed by atoms with Crippen LogP contribution in [0.3, 0.4) is 0 Å². The average Bonchev–Trinajstić information content (AvgIpc) is 3.09. The van der Waals surface area contributed by atoms with E-state index in [9.17, 15) is 4.79 Å². The summed E-state index contributed by atoms with van der Waals surface area (Å²) in [6.07, 6.45) is 11.6. The van der Waals surface area contributed by atoms with Crippen molar-refractivity contribution in [2.45, 2.75) is 77.3 Å². The van der Waals surface area contributed by atoms with Crippen molar-refractivity contribution in [2.75, 3.05) is 26.2 Å². The minimum Gasteiger partial charge on any atom is -0.447 e. The van der Waals surface area contributed by atoms with Crippen LogP contribution in [0.25, 0.3) is 0 Å². The topological polar surface area (TPSA) is 44.8 Å². The summed E-state index contributed by atoms with van der Waals surface area (Å²) in [5.41, 5.74) is 1.58. The molecular weight excluding hydrogens is 358 g/mol. The molecule has 2 fully saturated rings. The maximum Gasteiger partial charge on any atom is 0.410 e. The van der Waals surface area contributed by atoms with Gasteiger partial charge in [-0.15, -0.1) is 0 Å². The first-order valence-corrected chi connectivity index (χ1v) is 11.2. The van der Waals surface area contributed by atoms with Crippen molar-refractivity contribution in [1.29, 1.82) is 0 Å². The second-order valence-corrected chi connectivity index (χ2v) is 8.63. The van der Waals surface area contributed by atoms with Crippen LogP contribution in [0, 0.1) is 5.92 Å². The zero-order valence-electron chi connectivity index (χ0n) is 16.9. The van der Waals surface area contributed by atoms with Crippen molar-refractivity contribution in [3.05, 3.63) is 11.6 Å². The fourth-order valence-electron chi connectivity index (χ4n) is 4.50. The Labute approximate surface area is 169 Å². The molecule has 2 heterocycles. The lowest BCUT2D eigenvalue weighted by molar-refractivity contribution is 0.112. The van der Waals surface area contributed by atoms with Crippen LogP contribution in [0.5, 0.6) is 0 Å². The predicted octanol–water partition coefficient (Wildman–Crippen LogP) is 4.08. The maximum absolute atomic E-state index is 12.3. The van der Waals surface area contributed by atoms with Gasteiger partial charge < -0.3 is 15.0 Å².